The van der Waals surface area contributed by atoms with Gasteiger partial charge in [-0.3, -0.25) is 19.3 Å². The number of aliphatic imine (C=N–C) groups is 1. The number of benzene rings is 1. The number of aryl methyl sites for hydroxylation is 2. The summed E-state index contributed by atoms with van der Waals surface area (Å²) >= 11 is 5.27. The Labute approximate surface area is 150 Å². The summed E-state index contributed by atoms with van der Waals surface area (Å²) < 4.78 is 1.62. The highest BCUT2D eigenvalue weighted by molar-refractivity contribution is 7.71. The van der Waals surface area contributed by atoms with Crippen LogP contribution in [0.5, 0.6) is 5.88 Å². The molecule has 25 heavy (non-hydrogen) atoms. The van der Waals surface area contributed by atoms with Crippen molar-refractivity contribution >= 4 is 24.0 Å². The van der Waals surface area contributed by atoms with E-state index in [2.05, 4.69) is 9.98 Å². The third kappa shape index (κ3) is 3.25. The first-order valence-corrected chi connectivity index (χ1v) is 8.29. The zero-order valence-electron chi connectivity index (χ0n) is 14.5. The van der Waals surface area contributed by atoms with E-state index in [0.29, 0.717) is 5.69 Å². The number of aromatic amines is 1. The van der Waals surface area contributed by atoms with Crippen LogP contribution >= 0.6 is 12.2 Å². The number of rotatable bonds is 2. The Morgan fingerprint density at radius 2 is 1.80 bits per heavy atom. The number of nitrogens with one attached hydrogen (secondary N) is 1. The molecule has 0 unspecified atom stereocenters. The SMILES string of the molecule is CC1=C/C(=C\c2c(O)n(-c3cc(C)cc(C)c3)c(=S)[nH]c2=O)C(C)=N1. The van der Waals surface area contributed by atoms with Crippen molar-refractivity contribution in [3.8, 4) is 11.6 Å². The quantitative estimate of drug-likeness (QED) is 0.802. The molecule has 5 nitrogen and oxygen atoms in total. The summed E-state index contributed by atoms with van der Waals surface area (Å²) in [5, 5.41) is 10.8. The van der Waals surface area contributed by atoms with E-state index in [9.17, 15) is 9.90 Å². The third-order valence-corrected chi connectivity index (χ3v) is 4.30. The average molecular weight is 353 g/mol. The lowest BCUT2D eigenvalue weighted by Crippen LogP contribution is -2.16. The monoisotopic (exact) mass is 353 g/mol. The van der Waals surface area contributed by atoms with Gasteiger partial charge in [0.2, 0.25) is 5.88 Å². The van der Waals surface area contributed by atoms with E-state index in [-0.39, 0.29) is 16.2 Å². The molecule has 1 aliphatic heterocycles. The molecular weight excluding hydrogens is 334 g/mol. The smallest absolute Gasteiger partial charge is 0.262 e. The summed E-state index contributed by atoms with van der Waals surface area (Å²) in [7, 11) is 0. The maximum absolute atomic E-state index is 12.4. The molecule has 0 atom stereocenters. The number of hydrogen-bond donors (Lipinski definition) is 2. The van der Waals surface area contributed by atoms with E-state index in [0.717, 1.165) is 28.1 Å². The first-order valence-electron chi connectivity index (χ1n) is 7.89. The fraction of sp³-hybridized carbons (Fsp3) is 0.211. The molecule has 2 heterocycles. The molecule has 0 saturated carbocycles. The summed E-state index contributed by atoms with van der Waals surface area (Å²) in [6.07, 6.45) is 3.51. The summed E-state index contributed by atoms with van der Waals surface area (Å²) in [6.45, 7) is 7.69. The molecule has 0 fully saturated rings. The van der Waals surface area contributed by atoms with E-state index < -0.39 is 5.56 Å². The Morgan fingerprint density at radius 3 is 2.36 bits per heavy atom. The lowest BCUT2D eigenvalue weighted by molar-refractivity contribution is 0.432. The fourth-order valence-electron chi connectivity index (χ4n) is 2.98. The molecule has 1 aliphatic rings. The molecule has 0 bridgehead atoms. The van der Waals surface area contributed by atoms with Gasteiger partial charge in [0.05, 0.1) is 5.69 Å². The number of allylic oxidation sites excluding steroid dienone is 3. The highest BCUT2D eigenvalue weighted by Gasteiger charge is 2.15. The zero-order chi connectivity index (χ0) is 18.3. The number of aromatic nitrogens is 2. The topological polar surface area (TPSA) is 70.4 Å². The van der Waals surface area contributed by atoms with Gasteiger partial charge < -0.3 is 5.11 Å². The van der Waals surface area contributed by atoms with Crippen LogP contribution in [0.2, 0.25) is 0 Å². The second kappa shape index (κ2) is 6.29. The molecule has 1 aromatic carbocycles. The number of hydrogen-bond acceptors (Lipinski definition) is 4. The van der Waals surface area contributed by atoms with E-state index in [4.69, 9.17) is 12.2 Å². The zero-order valence-corrected chi connectivity index (χ0v) is 15.4. The summed E-state index contributed by atoms with van der Waals surface area (Å²) in [5.41, 5.74) is 4.98. The highest BCUT2D eigenvalue weighted by atomic mass is 32.1. The van der Waals surface area contributed by atoms with Crippen LogP contribution in [-0.2, 0) is 0 Å². The van der Waals surface area contributed by atoms with Crippen molar-refractivity contribution in [3.63, 3.8) is 0 Å². The van der Waals surface area contributed by atoms with Crippen LogP contribution in [0.15, 0.2) is 45.3 Å². The molecule has 0 radical (unpaired) electrons. The Bertz CT molecular complexity index is 1060. The van der Waals surface area contributed by atoms with Crippen molar-refractivity contribution < 1.29 is 5.11 Å². The Kier molecular flexibility index (Phi) is 4.30. The van der Waals surface area contributed by atoms with Crippen molar-refractivity contribution in [2.75, 3.05) is 0 Å². The normalized spacial score (nSPS) is 15.4. The minimum atomic E-state index is -0.429. The van der Waals surface area contributed by atoms with Gasteiger partial charge in [0.25, 0.3) is 5.56 Å². The van der Waals surface area contributed by atoms with Crippen LogP contribution in [0.1, 0.15) is 30.5 Å². The van der Waals surface area contributed by atoms with Crippen LogP contribution in [0.3, 0.4) is 0 Å². The molecule has 0 spiro atoms. The number of aromatic hydroxyl groups is 1. The molecule has 2 aromatic rings. The van der Waals surface area contributed by atoms with Crippen LogP contribution in [0.4, 0.5) is 0 Å². The minimum absolute atomic E-state index is 0.151. The Hall–Kier alpha value is -2.73. The van der Waals surface area contributed by atoms with Crippen LogP contribution in [0, 0.1) is 18.6 Å². The molecule has 128 valence electrons. The predicted molar refractivity (Wildman–Crippen MR) is 103 cm³/mol. The van der Waals surface area contributed by atoms with E-state index in [1.54, 1.807) is 6.08 Å². The van der Waals surface area contributed by atoms with Crippen LogP contribution in [-0.4, -0.2) is 20.4 Å². The van der Waals surface area contributed by atoms with Crippen molar-refractivity contribution in [2.24, 2.45) is 4.99 Å². The summed E-state index contributed by atoms with van der Waals surface area (Å²) in [4.78, 5) is 19.3. The van der Waals surface area contributed by atoms with E-state index in [1.807, 2.05) is 52.0 Å². The van der Waals surface area contributed by atoms with Gasteiger partial charge >= 0.3 is 0 Å². The average Bonchev–Trinajstić information content (AvgIpc) is 2.80. The Balaban J connectivity index is 2.27. The van der Waals surface area contributed by atoms with Gasteiger partial charge in [-0.15, -0.1) is 0 Å². The number of nitrogens with zero attached hydrogens (tertiary/aromatic N) is 2. The molecule has 3 rings (SSSR count). The lowest BCUT2D eigenvalue weighted by Gasteiger charge is -2.13. The Morgan fingerprint density at radius 1 is 1.16 bits per heavy atom. The van der Waals surface area contributed by atoms with E-state index >= 15 is 0 Å². The van der Waals surface area contributed by atoms with E-state index in [1.165, 1.54) is 4.57 Å². The summed E-state index contributed by atoms with van der Waals surface area (Å²) in [5.74, 6) is -0.183. The van der Waals surface area contributed by atoms with Crippen molar-refractivity contribution in [1.29, 1.82) is 0 Å². The molecular formula is C19H19N3O2S. The molecule has 2 N–H and O–H groups in total. The molecule has 0 saturated heterocycles. The second-order valence-electron chi connectivity index (χ2n) is 6.26. The fourth-order valence-corrected chi connectivity index (χ4v) is 3.26. The first-order chi connectivity index (χ1) is 11.8. The maximum atomic E-state index is 12.4. The van der Waals surface area contributed by atoms with Crippen LogP contribution < -0.4 is 5.56 Å². The van der Waals surface area contributed by atoms with Crippen LogP contribution in [0.25, 0.3) is 11.8 Å². The van der Waals surface area contributed by atoms with Gasteiger partial charge in [0.1, 0.15) is 5.56 Å². The first kappa shape index (κ1) is 17.1. The molecule has 0 aliphatic carbocycles. The van der Waals surface area contributed by atoms with Gasteiger partial charge in [0, 0.05) is 11.4 Å². The van der Waals surface area contributed by atoms with Gasteiger partial charge in [0.15, 0.2) is 4.77 Å². The van der Waals surface area contributed by atoms with Gasteiger partial charge in [-0.05, 0) is 80.9 Å². The maximum Gasteiger partial charge on any atom is 0.262 e. The molecule has 0 amide bonds. The third-order valence-electron chi connectivity index (χ3n) is 4.01. The minimum Gasteiger partial charge on any atom is -0.494 e. The van der Waals surface area contributed by atoms with Crippen molar-refractivity contribution in [3.05, 3.63) is 67.4 Å². The number of H-pyrrole nitrogens is 1. The second-order valence-corrected chi connectivity index (χ2v) is 6.65. The van der Waals surface area contributed by atoms with Crippen molar-refractivity contribution in [1.82, 2.24) is 9.55 Å². The van der Waals surface area contributed by atoms with Gasteiger partial charge in [-0.25, -0.2) is 0 Å². The van der Waals surface area contributed by atoms with Crippen molar-refractivity contribution in [2.45, 2.75) is 27.7 Å². The molecule has 6 heteroatoms. The summed E-state index contributed by atoms with van der Waals surface area (Å²) in [6, 6.07) is 5.85. The van der Waals surface area contributed by atoms with Gasteiger partial charge in [-0.1, -0.05) is 6.07 Å². The predicted octanol–water partition coefficient (Wildman–Crippen LogP) is 3.98. The standard InChI is InChI=1S/C19H19N3O2S/c1-10-5-11(2)7-15(6-10)22-18(24)16(17(23)21-19(22)25)9-14-8-12(3)20-13(14)4/h5-9,24H,1-4H3,(H,21,23,25)/b14-9+. The highest BCUT2D eigenvalue weighted by Crippen LogP contribution is 2.25. The largest absolute Gasteiger partial charge is 0.494 e. The molecule has 1 aromatic heterocycles. The lowest BCUT2D eigenvalue weighted by atomic mass is 10.1. The van der Waals surface area contributed by atoms with Gasteiger partial charge in [-0.2, -0.15) is 0 Å².